The molecule has 2 aromatic heterocycles. The number of nitriles is 1. The Labute approximate surface area is 123 Å². The lowest BCUT2D eigenvalue weighted by Gasteiger charge is -2.33. The van der Waals surface area contributed by atoms with Gasteiger partial charge in [-0.05, 0) is 30.9 Å². The minimum atomic E-state index is -0.0396. The van der Waals surface area contributed by atoms with Crippen molar-refractivity contribution in [1.82, 2.24) is 9.55 Å². The van der Waals surface area contributed by atoms with Gasteiger partial charge < -0.3 is 9.47 Å². The molecule has 1 aliphatic heterocycles. The first-order chi connectivity index (χ1) is 10.1. The van der Waals surface area contributed by atoms with Crippen molar-refractivity contribution >= 4 is 16.7 Å². The van der Waals surface area contributed by atoms with Gasteiger partial charge in [-0.15, -0.1) is 0 Å². The van der Waals surface area contributed by atoms with E-state index in [0.29, 0.717) is 11.6 Å². The molecule has 0 bridgehead atoms. The second kappa shape index (κ2) is 5.21. The lowest BCUT2D eigenvalue weighted by Crippen LogP contribution is -2.35. The average molecular weight is 282 g/mol. The second-order valence-electron chi connectivity index (χ2n) is 5.80. The minimum Gasteiger partial charge on any atom is -0.369 e. The van der Waals surface area contributed by atoms with E-state index in [2.05, 4.69) is 22.9 Å². The SMILES string of the molecule is CC1CCCN(c2cc(=O)n(C)c3ccc(C#N)nc23)C1. The van der Waals surface area contributed by atoms with E-state index in [1.54, 1.807) is 29.8 Å². The molecule has 108 valence electrons. The predicted octanol–water partition coefficient (Wildman–Crippen LogP) is 2.04. The van der Waals surface area contributed by atoms with Gasteiger partial charge in [-0.3, -0.25) is 4.79 Å². The number of hydrogen-bond donors (Lipinski definition) is 0. The number of piperidine rings is 1. The van der Waals surface area contributed by atoms with Crippen molar-refractivity contribution in [2.45, 2.75) is 19.8 Å². The largest absolute Gasteiger partial charge is 0.369 e. The molecule has 0 aliphatic carbocycles. The van der Waals surface area contributed by atoms with Crippen LogP contribution in [0.4, 0.5) is 5.69 Å². The number of aryl methyl sites for hydroxylation is 1. The summed E-state index contributed by atoms with van der Waals surface area (Å²) in [6.07, 6.45) is 2.34. The van der Waals surface area contributed by atoms with Crippen molar-refractivity contribution in [2.75, 3.05) is 18.0 Å². The summed E-state index contributed by atoms with van der Waals surface area (Å²) in [5, 5.41) is 9.07. The third-order valence-corrected chi connectivity index (χ3v) is 4.18. The zero-order valence-corrected chi connectivity index (χ0v) is 12.3. The van der Waals surface area contributed by atoms with Crippen LogP contribution >= 0.6 is 0 Å². The average Bonchev–Trinajstić information content (AvgIpc) is 2.50. The monoisotopic (exact) mass is 282 g/mol. The van der Waals surface area contributed by atoms with Gasteiger partial charge in [0.2, 0.25) is 0 Å². The molecule has 0 saturated carbocycles. The van der Waals surface area contributed by atoms with Gasteiger partial charge in [-0.1, -0.05) is 6.92 Å². The highest BCUT2D eigenvalue weighted by Crippen LogP contribution is 2.27. The Hall–Kier alpha value is -2.35. The van der Waals surface area contributed by atoms with Crippen molar-refractivity contribution in [1.29, 1.82) is 5.26 Å². The molecule has 1 fully saturated rings. The van der Waals surface area contributed by atoms with Crippen LogP contribution in [-0.4, -0.2) is 22.6 Å². The van der Waals surface area contributed by atoms with Crippen molar-refractivity contribution in [3.8, 4) is 6.07 Å². The number of nitrogens with zero attached hydrogens (tertiary/aromatic N) is 4. The van der Waals surface area contributed by atoms with Gasteiger partial charge in [-0.2, -0.15) is 5.26 Å². The highest BCUT2D eigenvalue weighted by atomic mass is 16.1. The molecule has 5 nitrogen and oxygen atoms in total. The fourth-order valence-corrected chi connectivity index (χ4v) is 3.02. The standard InChI is InChI=1S/C16H18N4O/c1-11-4-3-7-20(10-11)14-8-15(21)19(2)13-6-5-12(9-17)18-16(13)14/h5-6,8,11H,3-4,7,10H2,1-2H3. The number of hydrogen-bond acceptors (Lipinski definition) is 4. The number of anilines is 1. The third-order valence-electron chi connectivity index (χ3n) is 4.18. The van der Waals surface area contributed by atoms with Crippen molar-refractivity contribution < 1.29 is 0 Å². The summed E-state index contributed by atoms with van der Waals surface area (Å²) in [4.78, 5) is 18.8. The molecule has 0 amide bonds. The van der Waals surface area contributed by atoms with Gasteiger partial charge in [0.25, 0.3) is 5.56 Å². The number of rotatable bonds is 1. The quantitative estimate of drug-likeness (QED) is 0.803. The zero-order chi connectivity index (χ0) is 15.0. The molecule has 3 heterocycles. The second-order valence-corrected chi connectivity index (χ2v) is 5.80. The van der Waals surface area contributed by atoms with Gasteiger partial charge in [0.15, 0.2) is 0 Å². The van der Waals surface area contributed by atoms with E-state index < -0.39 is 0 Å². The molecule has 1 unspecified atom stereocenters. The van der Waals surface area contributed by atoms with E-state index in [9.17, 15) is 4.79 Å². The molecule has 1 saturated heterocycles. The predicted molar refractivity (Wildman–Crippen MR) is 82.3 cm³/mol. The number of aromatic nitrogens is 2. The van der Waals surface area contributed by atoms with Gasteiger partial charge in [-0.25, -0.2) is 4.98 Å². The van der Waals surface area contributed by atoms with E-state index in [1.807, 2.05) is 0 Å². The van der Waals surface area contributed by atoms with Crippen molar-refractivity contribution in [3.63, 3.8) is 0 Å². The first-order valence-electron chi connectivity index (χ1n) is 7.26. The summed E-state index contributed by atoms with van der Waals surface area (Å²) in [6.45, 7) is 4.09. The number of fused-ring (bicyclic) bond motifs is 1. The fraction of sp³-hybridized carbons (Fsp3) is 0.438. The van der Waals surface area contributed by atoms with Crippen LogP contribution in [0.3, 0.4) is 0 Å². The van der Waals surface area contributed by atoms with E-state index >= 15 is 0 Å². The Bertz CT molecular complexity index is 787. The van der Waals surface area contributed by atoms with Crippen LogP contribution in [0.25, 0.3) is 11.0 Å². The normalized spacial score (nSPS) is 18.7. The molecule has 0 spiro atoms. The summed E-state index contributed by atoms with van der Waals surface area (Å²) < 4.78 is 1.58. The first-order valence-corrected chi connectivity index (χ1v) is 7.26. The van der Waals surface area contributed by atoms with Gasteiger partial charge in [0.1, 0.15) is 17.3 Å². The van der Waals surface area contributed by atoms with Crippen LogP contribution in [-0.2, 0) is 7.05 Å². The summed E-state index contributed by atoms with van der Waals surface area (Å²) in [7, 11) is 1.74. The molecule has 3 rings (SSSR count). The Morgan fingerprint density at radius 3 is 2.95 bits per heavy atom. The molecule has 1 aliphatic rings. The Kier molecular flexibility index (Phi) is 3.38. The van der Waals surface area contributed by atoms with E-state index in [1.165, 1.54) is 6.42 Å². The van der Waals surface area contributed by atoms with Gasteiger partial charge >= 0.3 is 0 Å². The molecule has 5 heteroatoms. The molecule has 1 atom stereocenters. The van der Waals surface area contributed by atoms with E-state index in [-0.39, 0.29) is 5.56 Å². The molecular weight excluding hydrogens is 264 g/mol. The molecule has 0 radical (unpaired) electrons. The van der Waals surface area contributed by atoms with E-state index in [0.717, 1.165) is 36.2 Å². The smallest absolute Gasteiger partial charge is 0.252 e. The Morgan fingerprint density at radius 1 is 1.43 bits per heavy atom. The van der Waals surface area contributed by atoms with Crippen LogP contribution in [0, 0.1) is 17.2 Å². The van der Waals surface area contributed by atoms with Crippen LogP contribution in [0.5, 0.6) is 0 Å². The Balaban J connectivity index is 2.23. The molecule has 2 aromatic rings. The fourth-order valence-electron chi connectivity index (χ4n) is 3.02. The lowest BCUT2D eigenvalue weighted by atomic mass is 9.99. The maximum Gasteiger partial charge on any atom is 0.252 e. The van der Waals surface area contributed by atoms with Crippen LogP contribution < -0.4 is 10.5 Å². The van der Waals surface area contributed by atoms with Gasteiger partial charge in [0.05, 0.1) is 11.2 Å². The lowest BCUT2D eigenvalue weighted by molar-refractivity contribution is 0.447. The summed E-state index contributed by atoms with van der Waals surface area (Å²) in [5.41, 5.74) is 2.71. The van der Waals surface area contributed by atoms with Crippen LogP contribution in [0.1, 0.15) is 25.5 Å². The highest BCUT2D eigenvalue weighted by Gasteiger charge is 2.20. The van der Waals surface area contributed by atoms with Crippen molar-refractivity contribution in [2.24, 2.45) is 13.0 Å². The molecule has 0 N–H and O–H groups in total. The summed E-state index contributed by atoms with van der Waals surface area (Å²) in [5.74, 6) is 0.608. The van der Waals surface area contributed by atoms with Crippen molar-refractivity contribution in [3.05, 3.63) is 34.2 Å². The Morgan fingerprint density at radius 2 is 2.24 bits per heavy atom. The first kappa shape index (κ1) is 13.6. The maximum atomic E-state index is 12.2. The molecule has 0 aromatic carbocycles. The molecule has 21 heavy (non-hydrogen) atoms. The van der Waals surface area contributed by atoms with Crippen LogP contribution in [0.15, 0.2) is 23.0 Å². The van der Waals surface area contributed by atoms with Crippen LogP contribution in [0.2, 0.25) is 0 Å². The van der Waals surface area contributed by atoms with Gasteiger partial charge in [0, 0.05) is 26.2 Å². The topological polar surface area (TPSA) is 61.9 Å². The number of pyridine rings is 2. The third kappa shape index (κ3) is 2.38. The summed E-state index contributed by atoms with van der Waals surface area (Å²) >= 11 is 0. The zero-order valence-electron chi connectivity index (χ0n) is 12.3. The van der Waals surface area contributed by atoms with E-state index in [4.69, 9.17) is 5.26 Å². The maximum absolute atomic E-state index is 12.2. The summed E-state index contributed by atoms with van der Waals surface area (Å²) in [6, 6.07) is 7.18. The minimum absolute atomic E-state index is 0.0396. The highest BCUT2D eigenvalue weighted by molar-refractivity contribution is 5.88. The molecular formula is C16H18N4O.